The SMILES string of the molecule is COCCNC(=O)c1cc(NCc2cccc(C)c2)ccn1. The monoisotopic (exact) mass is 299 g/mol. The molecule has 1 aromatic heterocycles. The number of rotatable bonds is 7. The van der Waals surface area contributed by atoms with Gasteiger partial charge in [0.15, 0.2) is 0 Å². The van der Waals surface area contributed by atoms with Crippen LogP contribution in [0.4, 0.5) is 5.69 Å². The zero-order valence-corrected chi connectivity index (χ0v) is 12.9. The third kappa shape index (κ3) is 4.86. The van der Waals surface area contributed by atoms with E-state index in [9.17, 15) is 4.79 Å². The summed E-state index contributed by atoms with van der Waals surface area (Å²) in [6.07, 6.45) is 1.63. The highest BCUT2D eigenvalue weighted by Gasteiger charge is 2.07. The van der Waals surface area contributed by atoms with Gasteiger partial charge >= 0.3 is 0 Å². The van der Waals surface area contributed by atoms with Gasteiger partial charge < -0.3 is 15.4 Å². The lowest BCUT2D eigenvalue weighted by atomic mass is 10.1. The fourth-order valence-electron chi connectivity index (χ4n) is 2.05. The number of hydrogen-bond donors (Lipinski definition) is 2. The predicted molar refractivity (Wildman–Crippen MR) is 87.0 cm³/mol. The molecular formula is C17H21N3O2. The van der Waals surface area contributed by atoms with Gasteiger partial charge in [-0.25, -0.2) is 0 Å². The fraction of sp³-hybridized carbons (Fsp3) is 0.294. The number of amides is 1. The van der Waals surface area contributed by atoms with Gasteiger partial charge in [-0.15, -0.1) is 0 Å². The number of anilines is 1. The second-order valence-corrected chi connectivity index (χ2v) is 5.02. The lowest BCUT2D eigenvalue weighted by molar-refractivity contribution is 0.0932. The number of nitrogens with zero attached hydrogens (tertiary/aromatic N) is 1. The molecule has 0 unspecified atom stereocenters. The van der Waals surface area contributed by atoms with Gasteiger partial charge in [-0.1, -0.05) is 29.8 Å². The summed E-state index contributed by atoms with van der Waals surface area (Å²) in [6, 6.07) is 11.9. The first-order chi connectivity index (χ1) is 10.7. The van der Waals surface area contributed by atoms with Crippen LogP contribution in [0, 0.1) is 6.92 Å². The summed E-state index contributed by atoms with van der Waals surface area (Å²) in [7, 11) is 1.60. The van der Waals surface area contributed by atoms with Crippen molar-refractivity contribution in [3.05, 3.63) is 59.4 Å². The van der Waals surface area contributed by atoms with Crippen LogP contribution in [0.3, 0.4) is 0 Å². The topological polar surface area (TPSA) is 63.2 Å². The Bertz CT molecular complexity index is 629. The van der Waals surface area contributed by atoms with Crippen molar-refractivity contribution in [1.82, 2.24) is 10.3 Å². The third-order valence-electron chi connectivity index (χ3n) is 3.16. The average molecular weight is 299 g/mol. The standard InChI is InChI=1S/C17H21N3O2/c1-13-4-3-5-14(10-13)12-20-15-6-7-18-16(11-15)17(21)19-8-9-22-2/h3-7,10-11H,8-9,12H2,1-2H3,(H,18,20)(H,19,21). The fourth-order valence-corrected chi connectivity index (χ4v) is 2.05. The maximum Gasteiger partial charge on any atom is 0.270 e. The molecule has 0 spiro atoms. The number of pyridine rings is 1. The second kappa shape index (κ2) is 8.14. The van der Waals surface area contributed by atoms with Crippen molar-refractivity contribution in [1.29, 1.82) is 0 Å². The summed E-state index contributed by atoms with van der Waals surface area (Å²) in [5.74, 6) is -0.198. The first kappa shape index (κ1) is 16.0. The molecule has 0 bridgehead atoms. The molecule has 2 rings (SSSR count). The van der Waals surface area contributed by atoms with Gasteiger partial charge in [-0.05, 0) is 24.6 Å². The molecule has 1 heterocycles. The molecule has 0 atom stereocenters. The molecule has 22 heavy (non-hydrogen) atoms. The van der Waals surface area contributed by atoms with E-state index in [4.69, 9.17) is 4.74 Å². The van der Waals surface area contributed by atoms with E-state index in [1.54, 1.807) is 19.4 Å². The molecule has 2 aromatic rings. The molecule has 0 aliphatic rings. The molecule has 0 saturated carbocycles. The molecule has 1 amide bonds. The van der Waals surface area contributed by atoms with Crippen LogP contribution < -0.4 is 10.6 Å². The number of aromatic nitrogens is 1. The number of hydrogen-bond acceptors (Lipinski definition) is 4. The molecule has 0 fully saturated rings. The normalized spacial score (nSPS) is 10.3. The molecule has 5 nitrogen and oxygen atoms in total. The lowest BCUT2D eigenvalue weighted by Crippen LogP contribution is -2.27. The molecular weight excluding hydrogens is 278 g/mol. The highest BCUT2D eigenvalue weighted by Crippen LogP contribution is 2.11. The number of ether oxygens (including phenoxy) is 1. The molecule has 116 valence electrons. The minimum Gasteiger partial charge on any atom is -0.383 e. The van der Waals surface area contributed by atoms with Gasteiger partial charge in [0.25, 0.3) is 5.91 Å². The lowest BCUT2D eigenvalue weighted by Gasteiger charge is -2.09. The number of carbonyl (C=O) groups excluding carboxylic acids is 1. The Morgan fingerprint density at radius 2 is 2.14 bits per heavy atom. The van der Waals surface area contributed by atoms with E-state index in [1.165, 1.54) is 11.1 Å². The Balaban J connectivity index is 1.95. The van der Waals surface area contributed by atoms with Crippen molar-refractivity contribution in [3.63, 3.8) is 0 Å². The quantitative estimate of drug-likeness (QED) is 0.771. The van der Waals surface area contributed by atoms with Crippen LogP contribution in [0.2, 0.25) is 0 Å². The summed E-state index contributed by atoms with van der Waals surface area (Å²) < 4.78 is 4.90. The number of aryl methyl sites for hydroxylation is 1. The number of carbonyl (C=O) groups is 1. The smallest absolute Gasteiger partial charge is 0.270 e. The summed E-state index contributed by atoms with van der Waals surface area (Å²) in [6.45, 7) is 3.73. The van der Waals surface area contributed by atoms with Gasteiger partial charge in [-0.3, -0.25) is 9.78 Å². The van der Waals surface area contributed by atoms with E-state index in [0.717, 1.165) is 5.69 Å². The van der Waals surface area contributed by atoms with Crippen LogP contribution in [0.15, 0.2) is 42.6 Å². The molecule has 5 heteroatoms. The summed E-state index contributed by atoms with van der Waals surface area (Å²) >= 11 is 0. The highest BCUT2D eigenvalue weighted by atomic mass is 16.5. The molecule has 0 aliphatic carbocycles. The largest absolute Gasteiger partial charge is 0.383 e. The maximum atomic E-state index is 11.9. The van der Waals surface area contributed by atoms with E-state index in [2.05, 4.69) is 40.7 Å². The third-order valence-corrected chi connectivity index (χ3v) is 3.16. The number of nitrogens with one attached hydrogen (secondary N) is 2. The van der Waals surface area contributed by atoms with Gasteiger partial charge in [0.1, 0.15) is 5.69 Å². The Labute approximate surface area is 130 Å². The zero-order chi connectivity index (χ0) is 15.8. The summed E-state index contributed by atoms with van der Waals surface area (Å²) in [4.78, 5) is 16.0. The molecule has 0 saturated heterocycles. The van der Waals surface area contributed by atoms with Crippen molar-refractivity contribution < 1.29 is 9.53 Å². The van der Waals surface area contributed by atoms with Crippen molar-refractivity contribution >= 4 is 11.6 Å². The molecule has 0 aliphatic heterocycles. The highest BCUT2D eigenvalue weighted by molar-refractivity contribution is 5.93. The van der Waals surface area contributed by atoms with Crippen molar-refractivity contribution in [3.8, 4) is 0 Å². The first-order valence-corrected chi connectivity index (χ1v) is 7.21. The van der Waals surface area contributed by atoms with E-state index >= 15 is 0 Å². The average Bonchev–Trinajstić information content (AvgIpc) is 2.53. The van der Waals surface area contributed by atoms with E-state index in [-0.39, 0.29) is 5.91 Å². The minimum absolute atomic E-state index is 0.198. The molecule has 1 aromatic carbocycles. The van der Waals surface area contributed by atoms with Crippen molar-refractivity contribution in [2.75, 3.05) is 25.6 Å². The van der Waals surface area contributed by atoms with E-state index < -0.39 is 0 Å². The number of methoxy groups -OCH3 is 1. The van der Waals surface area contributed by atoms with Crippen LogP contribution in [0.1, 0.15) is 21.6 Å². The van der Waals surface area contributed by atoms with E-state index in [1.807, 2.05) is 12.1 Å². The minimum atomic E-state index is -0.198. The molecule has 0 radical (unpaired) electrons. The van der Waals surface area contributed by atoms with E-state index in [0.29, 0.717) is 25.4 Å². The van der Waals surface area contributed by atoms with Crippen LogP contribution in [0.25, 0.3) is 0 Å². The maximum absolute atomic E-state index is 11.9. The Hall–Kier alpha value is -2.40. The van der Waals surface area contributed by atoms with Gasteiger partial charge in [0, 0.05) is 32.1 Å². The van der Waals surface area contributed by atoms with Crippen LogP contribution in [0.5, 0.6) is 0 Å². The van der Waals surface area contributed by atoms with Crippen LogP contribution >= 0.6 is 0 Å². The van der Waals surface area contributed by atoms with Crippen molar-refractivity contribution in [2.45, 2.75) is 13.5 Å². The Morgan fingerprint density at radius 1 is 1.27 bits per heavy atom. The Kier molecular flexibility index (Phi) is 5.91. The predicted octanol–water partition coefficient (Wildman–Crippen LogP) is 2.38. The summed E-state index contributed by atoms with van der Waals surface area (Å²) in [5, 5.41) is 6.06. The van der Waals surface area contributed by atoms with Gasteiger partial charge in [0.05, 0.1) is 6.61 Å². The van der Waals surface area contributed by atoms with Gasteiger partial charge in [-0.2, -0.15) is 0 Å². The van der Waals surface area contributed by atoms with Crippen LogP contribution in [-0.4, -0.2) is 31.2 Å². The van der Waals surface area contributed by atoms with Gasteiger partial charge in [0.2, 0.25) is 0 Å². The first-order valence-electron chi connectivity index (χ1n) is 7.21. The molecule has 2 N–H and O–H groups in total. The second-order valence-electron chi connectivity index (χ2n) is 5.02. The zero-order valence-electron chi connectivity index (χ0n) is 12.9. The van der Waals surface area contributed by atoms with Crippen molar-refractivity contribution in [2.24, 2.45) is 0 Å². The summed E-state index contributed by atoms with van der Waals surface area (Å²) in [5.41, 5.74) is 3.69. The van der Waals surface area contributed by atoms with Crippen LogP contribution in [-0.2, 0) is 11.3 Å². The Morgan fingerprint density at radius 3 is 2.91 bits per heavy atom. The number of benzene rings is 1.